The summed E-state index contributed by atoms with van der Waals surface area (Å²) in [5, 5.41) is 0. The molecule has 1 amide bonds. The predicted molar refractivity (Wildman–Crippen MR) is 107 cm³/mol. The summed E-state index contributed by atoms with van der Waals surface area (Å²) < 4.78 is 5.28. The summed E-state index contributed by atoms with van der Waals surface area (Å²) in [5.74, 6) is -0.544. The van der Waals surface area contributed by atoms with Gasteiger partial charge in [-0.2, -0.15) is 0 Å². The molecule has 0 spiro atoms. The molecule has 1 aromatic rings. The van der Waals surface area contributed by atoms with E-state index in [0.29, 0.717) is 19.6 Å². The molecular weight excluding hydrogens is 340 g/mol. The van der Waals surface area contributed by atoms with Crippen LogP contribution in [0, 0.1) is 0 Å². The fraction of sp³-hybridized carbons (Fsp3) is 0.545. The number of rotatable bonds is 12. The van der Waals surface area contributed by atoms with E-state index in [4.69, 9.17) is 4.74 Å². The minimum atomic E-state index is -1.13. The van der Waals surface area contributed by atoms with Gasteiger partial charge in [-0.3, -0.25) is 9.69 Å². The van der Waals surface area contributed by atoms with Gasteiger partial charge in [0.25, 0.3) is 5.91 Å². The van der Waals surface area contributed by atoms with Crippen molar-refractivity contribution in [1.29, 1.82) is 0 Å². The Bertz CT molecular complexity index is 632. The lowest BCUT2D eigenvalue weighted by Gasteiger charge is -2.27. The van der Waals surface area contributed by atoms with Crippen molar-refractivity contribution in [2.45, 2.75) is 51.6 Å². The van der Waals surface area contributed by atoms with E-state index < -0.39 is 11.5 Å². The molecule has 1 aliphatic rings. The van der Waals surface area contributed by atoms with Crippen LogP contribution in [-0.2, 0) is 20.9 Å². The van der Waals surface area contributed by atoms with E-state index in [1.54, 1.807) is 6.92 Å². The number of carbonyl (C=O) groups excluding carboxylic acids is 2. The topological polar surface area (TPSA) is 49.6 Å². The average molecular weight is 373 g/mol. The number of benzene rings is 1. The lowest BCUT2D eigenvalue weighted by Crippen LogP contribution is -2.49. The number of hydrogen-bond acceptors (Lipinski definition) is 4. The highest BCUT2D eigenvalue weighted by atomic mass is 16.5. The molecule has 1 saturated heterocycles. The second-order valence-corrected chi connectivity index (χ2v) is 7.00. The zero-order valence-electron chi connectivity index (χ0n) is 16.7. The molecule has 1 aromatic carbocycles. The molecule has 1 aliphatic heterocycles. The van der Waals surface area contributed by atoms with Gasteiger partial charge in [0.1, 0.15) is 0 Å². The van der Waals surface area contributed by atoms with Crippen molar-refractivity contribution in [3.8, 4) is 0 Å². The molecule has 0 bridgehead atoms. The molecule has 0 aliphatic carbocycles. The number of ether oxygens (including phenoxy) is 1. The summed E-state index contributed by atoms with van der Waals surface area (Å²) in [6, 6.07) is 9.90. The second-order valence-electron chi connectivity index (χ2n) is 7.00. The zero-order chi connectivity index (χ0) is 19.7. The number of allylic oxidation sites excluding steroid dienone is 1. The van der Waals surface area contributed by atoms with Crippen molar-refractivity contribution in [3.05, 3.63) is 48.6 Å². The van der Waals surface area contributed by atoms with Gasteiger partial charge in [0, 0.05) is 19.6 Å². The number of unbranched alkanes of at least 4 members (excludes halogenated alkanes) is 2. The van der Waals surface area contributed by atoms with Gasteiger partial charge < -0.3 is 9.64 Å². The molecule has 0 radical (unpaired) electrons. The highest BCUT2D eigenvalue weighted by molar-refractivity contribution is 6.11. The van der Waals surface area contributed by atoms with Crippen LogP contribution in [0.5, 0.6) is 0 Å². The molecule has 2 rings (SSSR count). The first-order valence-corrected chi connectivity index (χ1v) is 9.96. The number of esters is 1. The fourth-order valence-electron chi connectivity index (χ4n) is 3.34. The minimum Gasteiger partial charge on any atom is -0.464 e. The summed E-state index contributed by atoms with van der Waals surface area (Å²) in [6.45, 7) is 10.2. The maximum atomic E-state index is 13.5. The van der Waals surface area contributed by atoms with Crippen molar-refractivity contribution < 1.29 is 14.3 Å². The second kappa shape index (κ2) is 10.3. The molecule has 0 aromatic heterocycles. The third-order valence-electron chi connectivity index (χ3n) is 4.94. The molecule has 2 atom stereocenters. The average Bonchev–Trinajstić information content (AvgIpc) is 3.42. The lowest BCUT2D eigenvalue weighted by atomic mass is 10.1. The third kappa shape index (κ3) is 5.19. The molecule has 5 nitrogen and oxygen atoms in total. The van der Waals surface area contributed by atoms with E-state index in [2.05, 4.69) is 13.5 Å². The summed E-state index contributed by atoms with van der Waals surface area (Å²) >= 11 is 0. The standard InChI is InChI=1S/C22H32N2O3/c1-4-7-12-15-23(17-19-13-10-9-11-14-19)20(25)22(21(26)27-6-3)18-24(22)16-8-5-2/h4,9-11,13-14H,1,5-8,12,15-18H2,2-3H3. The quantitative estimate of drug-likeness (QED) is 0.185. The maximum absolute atomic E-state index is 13.5. The van der Waals surface area contributed by atoms with Gasteiger partial charge in [-0.25, -0.2) is 4.79 Å². The van der Waals surface area contributed by atoms with Crippen LogP contribution in [0.25, 0.3) is 0 Å². The summed E-state index contributed by atoms with van der Waals surface area (Å²) in [7, 11) is 0. The van der Waals surface area contributed by atoms with Crippen LogP contribution in [0.3, 0.4) is 0 Å². The molecule has 0 N–H and O–H groups in total. The first-order valence-electron chi connectivity index (χ1n) is 9.96. The van der Waals surface area contributed by atoms with Gasteiger partial charge in [-0.1, -0.05) is 49.8 Å². The number of hydrogen-bond donors (Lipinski definition) is 0. The van der Waals surface area contributed by atoms with Crippen LogP contribution in [0.1, 0.15) is 45.1 Å². The van der Waals surface area contributed by atoms with Gasteiger partial charge in [0.15, 0.2) is 0 Å². The van der Waals surface area contributed by atoms with Crippen LogP contribution >= 0.6 is 0 Å². The maximum Gasteiger partial charge on any atom is 0.337 e. The molecule has 1 fully saturated rings. The Balaban J connectivity index is 2.20. The Hall–Kier alpha value is -2.14. The summed E-state index contributed by atoms with van der Waals surface area (Å²) in [4.78, 5) is 29.9. The first kappa shape index (κ1) is 21.2. The molecule has 2 unspecified atom stereocenters. The Kier molecular flexibility index (Phi) is 8.04. The first-order chi connectivity index (χ1) is 13.1. The molecule has 148 valence electrons. The van der Waals surface area contributed by atoms with Crippen molar-refractivity contribution in [3.63, 3.8) is 0 Å². The zero-order valence-corrected chi connectivity index (χ0v) is 16.7. The SMILES string of the molecule is C=CCCCN(Cc1ccccc1)C(=O)C1(C(=O)OCC)CN1CCCC. The van der Waals surface area contributed by atoms with E-state index >= 15 is 0 Å². The van der Waals surface area contributed by atoms with Crippen molar-refractivity contribution in [2.24, 2.45) is 0 Å². The number of carbonyl (C=O) groups is 2. The number of amides is 1. The normalized spacial score (nSPS) is 20.7. The molecular formula is C22H32N2O3. The molecule has 5 heteroatoms. The Labute approximate surface area is 163 Å². The van der Waals surface area contributed by atoms with Gasteiger partial charge >= 0.3 is 5.97 Å². The van der Waals surface area contributed by atoms with Crippen LogP contribution < -0.4 is 0 Å². The van der Waals surface area contributed by atoms with Crippen molar-refractivity contribution in [2.75, 3.05) is 26.2 Å². The van der Waals surface area contributed by atoms with Gasteiger partial charge in [0.05, 0.1) is 6.61 Å². The third-order valence-corrected chi connectivity index (χ3v) is 4.94. The highest BCUT2D eigenvalue weighted by Crippen LogP contribution is 2.36. The van der Waals surface area contributed by atoms with Gasteiger partial charge in [-0.15, -0.1) is 6.58 Å². The predicted octanol–water partition coefficient (Wildman–Crippen LogP) is 3.40. The fourth-order valence-corrected chi connectivity index (χ4v) is 3.34. The Morgan fingerprint density at radius 1 is 1.26 bits per heavy atom. The van der Waals surface area contributed by atoms with E-state index in [1.165, 1.54) is 0 Å². The monoisotopic (exact) mass is 372 g/mol. The van der Waals surface area contributed by atoms with E-state index in [1.807, 2.05) is 46.2 Å². The molecule has 1 heterocycles. The summed E-state index contributed by atoms with van der Waals surface area (Å²) in [5.41, 5.74) is -0.0714. The van der Waals surface area contributed by atoms with Gasteiger partial charge in [-0.05, 0) is 38.3 Å². The Morgan fingerprint density at radius 3 is 2.63 bits per heavy atom. The highest BCUT2D eigenvalue weighted by Gasteiger charge is 2.66. The van der Waals surface area contributed by atoms with Gasteiger partial charge in [0.2, 0.25) is 5.54 Å². The van der Waals surface area contributed by atoms with Crippen LogP contribution in [-0.4, -0.2) is 53.5 Å². The van der Waals surface area contributed by atoms with E-state index in [9.17, 15) is 9.59 Å². The lowest BCUT2D eigenvalue weighted by molar-refractivity contribution is -0.155. The largest absolute Gasteiger partial charge is 0.464 e. The van der Waals surface area contributed by atoms with Crippen molar-refractivity contribution in [1.82, 2.24) is 9.80 Å². The molecule has 27 heavy (non-hydrogen) atoms. The number of nitrogens with zero attached hydrogens (tertiary/aromatic N) is 2. The van der Waals surface area contributed by atoms with Crippen LogP contribution in [0.15, 0.2) is 43.0 Å². The van der Waals surface area contributed by atoms with E-state index in [-0.39, 0.29) is 12.5 Å². The summed E-state index contributed by atoms with van der Waals surface area (Å²) in [6.07, 6.45) is 5.51. The smallest absolute Gasteiger partial charge is 0.337 e. The van der Waals surface area contributed by atoms with Crippen molar-refractivity contribution >= 4 is 11.9 Å². The van der Waals surface area contributed by atoms with Crippen LogP contribution in [0.2, 0.25) is 0 Å². The minimum absolute atomic E-state index is 0.134. The van der Waals surface area contributed by atoms with E-state index in [0.717, 1.165) is 37.8 Å². The Morgan fingerprint density at radius 2 is 2.00 bits per heavy atom. The molecule has 0 saturated carbocycles. The van der Waals surface area contributed by atoms with Crippen LogP contribution in [0.4, 0.5) is 0 Å².